The third-order valence-corrected chi connectivity index (χ3v) is 5.45. The minimum absolute atomic E-state index is 0.0276. The van der Waals surface area contributed by atoms with Crippen LogP contribution in [0.5, 0.6) is 17.2 Å². The molecule has 0 radical (unpaired) electrons. The highest BCUT2D eigenvalue weighted by molar-refractivity contribution is 5.43. The molecule has 0 saturated carbocycles. The third kappa shape index (κ3) is 3.43. The van der Waals surface area contributed by atoms with Crippen LogP contribution in [-0.4, -0.2) is 25.9 Å². The monoisotopic (exact) mass is 376 g/mol. The third-order valence-electron chi connectivity index (χ3n) is 5.45. The second kappa shape index (κ2) is 7.95. The topological polar surface area (TPSA) is 47.9 Å². The molecule has 1 heterocycles. The van der Waals surface area contributed by atoms with Crippen LogP contribution in [0.2, 0.25) is 0 Å². The van der Waals surface area contributed by atoms with Gasteiger partial charge in [-0.15, -0.1) is 0 Å². The maximum absolute atomic E-state index is 11.2. The van der Waals surface area contributed by atoms with Gasteiger partial charge in [0, 0.05) is 17.4 Å². The molecule has 144 valence electrons. The summed E-state index contributed by atoms with van der Waals surface area (Å²) >= 11 is 0. The van der Waals surface area contributed by atoms with E-state index in [4.69, 9.17) is 14.2 Å². The highest BCUT2D eigenvalue weighted by Crippen LogP contribution is 2.45. The van der Waals surface area contributed by atoms with Gasteiger partial charge in [-0.25, -0.2) is 0 Å². The molecule has 0 saturated heterocycles. The normalized spacial score (nSPS) is 18.3. The molecule has 2 atom stereocenters. The van der Waals surface area contributed by atoms with Crippen molar-refractivity contribution in [2.24, 2.45) is 5.92 Å². The molecule has 0 aromatic heterocycles. The number of hydrogen-bond donors (Lipinski definition) is 1. The van der Waals surface area contributed by atoms with E-state index >= 15 is 0 Å². The highest BCUT2D eigenvalue weighted by atomic mass is 16.5. The van der Waals surface area contributed by atoms with Gasteiger partial charge in [0.2, 0.25) is 0 Å². The molecular formula is C24H24O4. The van der Waals surface area contributed by atoms with Crippen LogP contribution in [0, 0.1) is 5.92 Å². The maximum Gasteiger partial charge on any atom is 0.125 e. The molecule has 0 aliphatic carbocycles. The second-order valence-electron chi connectivity index (χ2n) is 6.98. The maximum atomic E-state index is 11.2. The van der Waals surface area contributed by atoms with Crippen molar-refractivity contribution in [3.8, 4) is 17.2 Å². The molecular weight excluding hydrogens is 352 g/mol. The van der Waals surface area contributed by atoms with Crippen molar-refractivity contribution in [1.82, 2.24) is 0 Å². The number of ether oxygens (including phenoxy) is 3. The van der Waals surface area contributed by atoms with Crippen LogP contribution in [0.4, 0.5) is 0 Å². The fourth-order valence-electron chi connectivity index (χ4n) is 3.95. The molecule has 4 heteroatoms. The SMILES string of the molecule is COc1ccc(C(c2ccc(OC)cc2)C2COc3ccccc3C2O)cc1. The number of methoxy groups -OCH3 is 2. The molecule has 4 rings (SSSR count). The van der Waals surface area contributed by atoms with E-state index < -0.39 is 6.10 Å². The lowest BCUT2D eigenvalue weighted by Crippen LogP contribution is -2.31. The molecule has 0 fully saturated rings. The molecule has 0 spiro atoms. The van der Waals surface area contributed by atoms with E-state index in [0.717, 1.165) is 33.9 Å². The molecule has 1 aliphatic heterocycles. The first-order valence-corrected chi connectivity index (χ1v) is 9.39. The van der Waals surface area contributed by atoms with Gasteiger partial charge in [0.25, 0.3) is 0 Å². The second-order valence-corrected chi connectivity index (χ2v) is 6.98. The quantitative estimate of drug-likeness (QED) is 0.708. The number of hydrogen-bond acceptors (Lipinski definition) is 4. The van der Waals surface area contributed by atoms with E-state index in [1.165, 1.54) is 0 Å². The van der Waals surface area contributed by atoms with Crippen LogP contribution in [0.1, 0.15) is 28.7 Å². The number of fused-ring (bicyclic) bond motifs is 1. The molecule has 0 amide bonds. The first-order valence-electron chi connectivity index (χ1n) is 9.39. The minimum atomic E-state index is -0.612. The molecule has 1 aliphatic rings. The standard InChI is InChI=1S/C24H24O4/c1-26-18-11-7-16(8-12-18)23(17-9-13-19(27-2)14-10-17)21-15-28-22-6-4-3-5-20(22)24(21)25/h3-14,21,23-25H,15H2,1-2H3. The van der Waals surface area contributed by atoms with E-state index in [1.54, 1.807) is 14.2 Å². The Morgan fingerprint density at radius 3 is 1.89 bits per heavy atom. The lowest BCUT2D eigenvalue weighted by molar-refractivity contribution is 0.0419. The fraction of sp³-hybridized carbons (Fsp3) is 0.250. The molecule has 3 aromatic carbocycles. The summed E-state index contributed by atoms with van der Waals surface area (Å²) in [6, 6.07) is 23.7. The minimum Gasteiger partial charge on any atom is -0.497 e. The largest absolute Gasteiger partial charge is 0.497 e. The van der Waals surface area contributed by atoms with Crippen molar-refractivity contribution in [3.63, 3.8) is 0 Å². The van der Waals surface area contributed by atoms with Gasteiger partial charge in [-0.1, -0.05) is 42.5 Å². The average molecular weight is 376 g/mol. The highest BCUT2D eigenvalue weighted by Gasteiger charge is 2.36. The molecule has 1 N–H and O–H groups in total. The summed E-state index contributed by atoms with van der Waals surface area (Å²) in [5.41, 5.74) is 3.06. The Labute approximate surface area is 165 Å². The van der Waals surface area contributed by atoms with E-state index in [2.05, 4.69) is 24.3 Å². The van der Waals surface area contributed by atoms with Gasteiger partial charge in [-0.3, -0.25) is 0 Å². The number of aliphatic hydroxyl groups excluding tert-OH is 1. The Morgan fingerprint density at radius 2 is 1.36 bits per heavy atom. The summed E-state index contributed by atoms with van der Waals surface area (Å²) in [4.78, 5) is 0. The van der Waals surface area contributed by atoms with Crippen LogP contribution in [-0.2, 0) is 0 Å². The number of rotatable bonds is 5. The molecule has 3 aromatic rings. The zero-order chi connectivity index (χ0) is 19.5. The van der Waals surface area contributed by atoms with Crippen LogP contribution in [0.3, 0.4) is 0 Å². The van der Waals surface area contributed by atoms with Crippen molar-refractivity contribution in [3.05, 3.63) is 89.5 Å². The number of para-hydroxylation sites is 1. The van der Waals surface area contributed by atoms with Gasteiger partial charge in [0.1, 0.15) is 17.2 Å². The average Bonchev–Trinajstić information content (AvgIpc) is 2.76. The van der Waals surface area contributed by atoms with E-state index in [9.17, 15) is 5.11 Å². The van der Waals surface area contributed by atoms with Crippen molar-refractivity contribution < 1.29 is 19.3 Å². The molecule has 2 unspecified atom stereocenters. The zero-order valence-electron chi connectivity index (χ0n) is 16.0. The summed E-state index contributed by atoms with van der Waals surface area (Å²) in [6.45, 7) is 0.445. The molecule has 28 heavy (non-hydrogen) atoms. The van der Waals surface area contributed by atoms with Crippen LogP contribution in [0.25, 0.3) is 0 Å². The summed E-state index contributed by atoms with van der Waals surface area (Å²) in [5.74, 6) is 2.23. The van der Waals surface area contributed by atoms with Crippen LogP contribution in [0.15, 0.2) is 72.8 Å². The van der Waals surface area contributed by atoms with E-state index in [1.807, 2.05) is 48.5 Å². The Kier molecular flexibility index (Phi) is 5.22. The van der Waals surface area contributed by atoms with Crippen molar-refractivity contribution >= 4 is 0 Å². The first kappa shape index (κ1) is 18.4. The zero-order valence-corrected chi connectivity index (χ0v) is 16.0. The predicted molar refractivity (Wildman–Crippen MR) is 108 cm³/mol. The lowest BCUT2D eigenvalue weighted by atomic mass is 9.75. The Bertz CT molecular complexity index is 871. The van der Waals surface area contributed by atoms with E-state index in [-0.39, 0.29) is 11.8 Å². The van der Waals surface area contributed by atoms with Gasteiger partial charge in [-0.05, 0) is 41.5 Å². The summed E-state index contributed by atoms with van der Waals surface area (Å²) in [6.07, 6.45) is -0.612. The Balaban J connectivity index is 1.76. The van der Waals surface area contributed by atoms with Gasteiger partial charge >= 0.3 is 0 Å². The Hall–Kier alpha value is -2.98. The van der Waals surface area contributed by atoms with Crippen molar-refractivity contribution in [2.75, 3.05) is 20.8 Å². The van der Waals surface area contributed by atoms with Crippen molar-refractivity contribution in [2.45, 2.75) is 12.0 Å². The van der Waals surface area contributed by atoms with Gasteiger partial charge in [0.05, 0.1) is 26.9 Å². The summed E-state index contributed by atoms with van der Waals surface area (Å²) in [5, 5.41) is 11.2. The van der Waals surface area contributed by atoms with Gasteiger partial charge in [0.15, 0.2) is 0 Å². The predicted octanol–water partition coefficient (Wildman–Crippen LogP) is 4.58. The molecule has 0 bridgehead atoms. The smallest absolute Gasteiger partial charge is 0.125 e. The summed E-state index contributed by atoms with van der Waals surface area (Å²) < 4.78 is 16.6. The lowest BCUT2D eigenvalue weighted by Gasteiger charge is -2.36. The van der Waals surface area contributed by atoms with Crippen LogP contribution >= 0.6 is 0 Å². The van der Waals surface area contributed by atoms with Crippen LogP contribution < -0.4 is 14.2 Å². The number of aliphatic hydroxyl groups is 1. The van der Waals surface area contributed by atoms with Gasteiger partial charge in [-0.2, -0.15) is 0 Å². The first-order chi connectivity index (χ1) is 13.7. The van der Waals surface area contributed by atoms with E-state index in [0.29, 0.717) is 6.61 Å². The Morgan fingerprint density at radius 1 is 0.821 bits per heavy atom. The summed E-state index contributed by atoms with van der Waals surface area (Å²) in [7, 11) is 3.32. The molecule has 4 nitrogen and oxygen atoms in total. The number of benzene rings is 3. The van der Waals surface area contributed by atoms with Gasteiger partial charge < -0.3 is 19.3 Å². The van der Waals surface area contributed by atoms with Crippen molar-refractivity contribution in [1.29, 1.82) is 0 Å². The fourth-order valence-corrected chi connectivity index (χ4v) is 3.95.